The molecule has 0 aromatic carbocycles. The monoisotopic (exact) mass is 187 g/mol. The normalized spacial score (nSPS) is 9.56. The number of hydrogen-bond donors (Lipinski definition) is 1. The Balaban J connectivity index is 3.17. The molecular formula is C6H8BrN2+. The molecule has 48 valence electrons. The van der Waals surface area contributed by atoms with E-state index in [9.17, 15) is 0 Å². The van der Waals surface area contributed by atoms with E-state index in [0.717, 1.165) is 10.0 Å². The fourth-order valence-corrected chi connectivity index (χ4v) is 0.832. The van der Waals surface area contributed by atoms with Crippen LogP contribution in [0.1, 0.15) is 5.56 Å². The molecule has 1 rings (SSSR count). The Kier molecular flexibility index (Phi) is 1.71. The van der Waals surface area contributed by atoms with Crippen LogP contribution in [-0.2, 0) is 0 Å². The van der Waals surface area contributed by atoms with E-state index in [4.69, 9.17) is 5.84 Å². The van der Waals surface area contributed by atoms with Gasteiger partial charge in [-0.3, -0.25) is 0 Å². The maximum atomic E-state index is 5.42. The lowest BCUT2D eigenvalue weighted by Gasteiger charge is -1.90. The molecule has 0 aliphatic heterocycles. The van der Waals surface area contributed by atoms with Gasteiger partial charge in [-0.1, -0.05) is 20.6 Å². The average Bonchev–Trinajstić information content (AvgIpc) is 1.80. The Bertz CT molecular complexity index is 222. The van der Waals surface area contributed by atoms with Crippen LogP contribution < -0.4 is 10.5 Å². The van der Waals surface area contributed by atoms with E-state index in [0.29, 0.717) is 0 Å². The molecule has 0 fully saturated rings. The van der Waals surface area contributed by atoms with Gasteiger partial charge < -0.3 is 0 Å². The van der Waals surface area contributed by atoms with Crippen molar-refractivity contribution < 1.29 is 4.68 Å². The van der Waals surface area contributed by atoms with Crippen molar-refractivity contribution in [1.82, 2.24) is 0 Å². The number of nitrogens with zero attached hydrogens (tertiary/aromatic N) is 1. The minimum Gasteiger partial charge on any atom is -0.205 e. The van der Waals surface area contributed by atoms with Crippen LogP contribution in [0.15, 0.2) is 22.9 Å². The van der Waals surface area contributed by atoms with Crippen molar-refractivity contribution in [2.75, 3.05) is 5.84 Å². The van der Waals surface area contributed by atoms with Gasteiger partial charge in [0.25, 0.3) is 0 Å². The first-order valence-electron chi connectivity index (χ1n) is 2.62. The van der Waals surface area contributed by atoms with Crippen LogP contribution in [-0.4, -0.2) is 0 Å². The molecule has 1 aromatic heterocycles. The molecule has 0 unspecified atom stereocenters. The average molecular weight is 188 g/mol. The number of nitrogens with two attached hydrogens (primary N) is 1. The van der Waals surface area contributed by atoms with Crippen molar-refractivity contribution in [1.29, 1.82) is 0 Å². The Labute approximate surface area is 62.4 Å². The third-order valence-electron chi connectivity index (χ3n) is 1.11. The van der Waals surface area contributed by atoms with Gasteiger partial charge in [-0.05, 0) is 6.92 Å². The molecule has 3 heteroatoms. The largest absolute Gasteiger partial charge is 0.205 e. The molecule has 1 aromatic rings. The molecule has 2 N–H and O–H groups in total. The highest BCUT2D eigenvalue weighted by Gasteiger charge is 1.97. The van der Waals surface area contributed by atoms with Crippen LogP contribution in [0.25, 0.3) is 0 Å². The number of nitrogen functional groups attached to an aromatic ring is 1. The highest BCUT2D eigenvalue weighted by atomic mass is 79.9. The first-order chi connectivity index (χ1) is 4.20. The van der Waals surface area contributed by atoms with Crippen LogP contribution in [0.4, 0.5) is 0 Å². The van der Waals surface area contributed by atoms with Crippen LogP contribution in [0, 0.1) is 6.92 Å². The van der Waals surface area contributed by atoms with Gasteiger partial charge in [0.15, 0.2) is 6.20 Å². The summed E-state index contributed by atoms with van der Waals surface area (Å²) < 4.78 is 2.62. The summed E-state index contributed by atoms with van der Waals surface area (Å²) in [6.45, 7) is 1.99. The molecule has 0 bridgehead atoms. The van der Waals surface area contributed by atoms with E-state index in [1.807, 2.05) is 19.2 Å². The maximum Gasteiger partial charge on any atom is 0.203 e. The summed E-state index contributed by atoms with van der Waals surface area (Å²) in [6, 6.07) is 1.91. The van der Waals surface area contributed by atoms with E-state index in [-0.39, 0.29) is 0 Å². The van der Waals surface area contributed by atoms with Crippen molar-refractivity contribution in [3.8, 4) is 0 Å². The van der Waals surface area contributed by atoms with Crippen molar-refractivity contribution >= 4 is 15.9 Å². The number of halogens is 1. The number of aromatic nitrogens is 1. The van der Waals surface area contributed by atoms with Crippen LogP contribution in [0.5, 0.6) is 0 Å². The maximum absolute atomic E-state index is 5.42. The predicted molar refractivity (Wildman–Crippen MR) is 39.2 cm³/mol. The van der Waals surface area contributed by atoms with Crippen LogP contribution in [0.2, 0.25) is 0 Å². The summed E-state index contributed by atoms with van der Waals surface area (Å²) in [5.74, 6) is 5.42. The molecule has 0 saturated heterocycles. The lowest BCUT2D eigenvalue weighted by molar-refractivity contribution is -0.639. The van der Waals surface area contributed by atoms with Gasteiger partial charge in [0, 0.05) is 16.1 Å². The second-order valence-corrected chi connectivity index (χ2v) is 2.78. The molecule has 0 aliphatic carbocycles. The number of rotatable bonds is 0. The molecule has 0 aliphatic rings. The standard InChI is InChI=1S/C6H8BrN2/c1-5-4-9(8)3-2-6(5)7/h2-4H,8H2,1H3/q+1. The minimum absolute atomic E-state index is 1.09. The van der Waals surface area contributed by atoms with Gasteiger partial charge in [-0.15, -0.1) is 0 Å². The van der Waals surface area contributed by atoms with E-state index in [1.165, 1.54) is 4.68 Å². The van der Waals surface area contributed by atoms with E-state index in [2.05, 4.69) is 15.9 Å². The summed E-state index contributed by atoms with van der Waals surface area (Å²) in [5, 5.41) is 0. The molecule has 0 radical (unpaired) electrons. The minimum atomic E-state index is 1.09. The second kappa shape index (κ2) is 2.35. The smallest absolute Gasteiger partial charge is 0.203 e. The highest BCUT2D eigenvalue weighted by molar-refractivity contribution is 9.10. The molecule has 9 heavy (non-hydrogen) atoms. The first kappa shape index (κ1) is 6.55. The Morgan fingerprint density at radius 3 is 2.78 bits per heavy atom. The summed E-state index contributed by atoms with van der Waals surface area (Å²) in [5.41, 5.74) is 1.14. The lowest BCUT2D eigenvalue weighted by atomic mass is 10.3. The lowest BCUT2D eigenvalue weighted by Crippen LogP contribution is -2.43. The highest BCUT2D eigenvalue weighted by Crippen LogP contribution is 2.10. The fraction of sp³-hybridized carbons (Fsp3) is 0.167. The van der Waals surface area contributed by atoms with E-state index < -0.39 is 0 Å². The third-order valence-corrected chi connectivity index (χ3v) is 2.00. The molecule has 1 heterocycles. The SMILES string of the molecule is Cc1c[n+](N)ccc1Br. The zero-order valence-electron chi connectivity index (χ0n) is 5.13. The topological polar surface area (TPSA) is 29.9 Å². The van der Waals surface area contributed by atoms with Crippen molar-refractivity contribution in [2.24, 2.45) is 0 Å². The van der Waals surface area contributed by atoms with Gasteiger partial charge >= 0.3 is 0 Å². The van der Waals surface area contributed by atoms with Crippen molar-refractivity contribution in [3.05, 3.63) is 28.5 Å². The van der Waals surface area contributed by atoms with Crippen LogP contribution in [0.3, 0.4) is 0 Å². The predicted octanol–water partition coefficient (Wildman–Crippen LogP) is 0.759. The molecule has 0 atom stereocenters. The Hall–Kier alpha value is -0.570. The number of aryl methyl sites for hydroxylation is 1. The molecule has 0 saturated carbocycles. The Morgan fingerprint density at radius 2 is 2.33 bits per heavy atom. The van der Waals surface area contributed by atoms with E-state index >= 15 is 0 Å². The zero-order valence-corrected chi connectivity index (χ0v) is 6.72. The molecule has 2 nitrogen and oxygen atoms in total. The number of hydrogen-bond acceptors (Lipinski definition) is 1. The third kappa shape index (κ3) is 1.42. The summed E-state index contributed by atoms with van der Waals surface area (Å²) in [6.07, 6.45) is 3.64. The molecular weight excluding hydrogens is 180 g/mol. The van der Waals surface area contributed by atoms with Gasteiger partial charge in [0.05, 0.1) is 0 Å². The fourth-order valence-electron chi connectivity index (χ4n) is 0.611. The van der Waals surface area contributed by atoms with Gasteiger partial charge in [-0.25, -0.2) is 5.84 Å². The van der Waals surface area contributed by atoms with Crippen LogP contribution >= 0.6 is 15.9 Å². The van der Waals surface area contributed by atoms with Crippen molar-refractivity contribution in [3.63, 3.8) is 0 Å². The summed E-state index contributed by atoms with van der Waals surface area (Å²) in [4.78, 5) is 0. The number of pyridine rings is 1. The van der Waals surface area contributed by atoms with Crippen molar-refractivity contribution in [2.45, 2.75) is 6.92 Å². The van der Waals surface area contributed by atoms with Gasteiger partial charge in [0.1, 0.15) is 0 Å². The first-order valence-corrected chi connectivity index (χ1v) is 3.42. The summed E-state index contributed by atoms with van der Waals surface area (Å²) in [7, 11) is 0. The molecule has 0 amide bonds. The second-order valence-electron chi connectivity index (χ2n) is 1.92. The Morgan fingerprint density at radius 1 is 1.67 bits per heavy atom. The van der Waals surface area contributed by atoms with Gasteiger partial charge in [-0.2, -0.15) is 0 Å². The van der Waals surface area contributed by atoms with Gasteiger partial charge in [0.2, 0.25) is 6.20 Å². The van der Waals surface area contributed by atoms with E-state index in [1.54, 1.807) is 6.20 Å². The summed E-state index contributed by atoms with van der Waals surface area (Å²) >= 11 is 3.36. The quantitative estimate of drug-likeness (QED) is 0.472. The zero-order chi connectivity index (χ0) is 6.85. The molecule has 0 spiro atoms.